The molecular weight excluding hydrogens is 268 g/mol. The number of urea groups is 1. The number of para-hydroxylation sites is 1. The van der Waals surface area contributed by atoms with E-state index in [0.29, 0.717) is 26.2 Å². The van der Waals surface area contributed by atoms with E-state index >= 15 is 0 Å². The maximum atomic E-state index is 12.2. The molecule has 1 aromatic carbocycles. The van der Waals surface area contributed by atoms with Crippen LogP contribution in [-0.4, -0.2) is 41.8 Å². The normalized spacial score (nSPS) is 22.0. The summed E-state index contributed by atoms with van der Waals surface area (Å²) in [5.41, 5.74) is 0.957. The van der Waals surface area contributed by atoms with Crippen molar-refractivity contribution in [3.05, 3.63) is 29.8 Å². The molecule has 1 aromatic rings. The number of nitrogens with one attached hydrogen (secondary N) is 1. The number of rotatable bonds is 4. The van der Waals surface area contributed by atoms with Crippen molar-refractivity contribution in [2.45, 2.75) is 32.9 Å². The van der Waals surface area contributed by atoms with Crippen LogP contribution in [0.3, 0.4) is 0 Å². The summed E-state index contributed by atoms with van der Waals surface area (Å²) in [7, 11) is 0. The predicted molar refractivity (Wildman–Crippen MR) is 81.2 cm³/mol. The molecule has 21 heavy (non-hydrogen) atoms. The monoisotopic (exact) mass is 292 g/mol. The zero-order valence-electron chi connectivity index (χ0n) is 12.7. The highest BCUT2D eigenvalue weighted by molar-refractivity contribution is 5.74. The molecule has 2 rings (SSSR count). The molecule has 5 nitrogen and oxygen atoms in total. The molecule has 116 valence electrons. The summed E-state index contributed by atoms with van der Waals surface area (Å²) in [5.74, 6) is 1.06. The second-order valence-electron chi connectivity index (χ2n) is 5.48. The Bertz CT molecular complexity index is 478. The van der Waals surface area contributed by atoms with Crippen LogP contribution in [-0.2, 0) is 6.54 Å². The van der Waals surface area contributed by atoms with E-state index in [1.54, 1.807) is 4.90 Å². The van der Waals surface area contributed by atoms with Gasteiger partial charge in [-0.3, -0.25) is 0 Å². The lowest BCUT2D eigenvalue weighted by atomic mass is 9.96. The quantitative estimate of drug-likeness (QED) is 0.892. The molecule has 1 fully saturated rings. The first-order chi connectivity index (χ1) is 10.1. The molecule has 2 unspecified atom stereocenters. The number of nitrogens with zero attached hydrogens (tertiary/aromatic N) is 1. The molecular formula is C16H24N2O3. The Hall–Kier alpha value is -1.75. The third kappa shape index (κ3) is 4.11. The van der Waals surface area contributed by atoms with Crippen molar-refractivity contribution in [2.24, 2.45) is 5.92 Å². The number of β-amino-alcohol motifs (C(OH)–C–C–N with tert-alkyl or cyclic N) is 1. The fourth-order valence-corrected chi connectivity index (χ4v) is 2.46. The smallest absolute Gasteiger partial charge is 0.317 e. The molecule has 5 heteroatoms. The number of carbonyl (C=O) groups is 1. The molecule has 2 amide bonds. The van der Waals surface area contributed by atoms with Crippen LogP contribution in [0.1, 0.15) is 25.8 Å². The Morgan fingerprint density at radius 3 is 2.95 bits per heavy atom. The Balaban J connectivity index is 1.89. The number of likely N-dealkylation sites (tertiary alicyclic amines) is 1. The van der Waals surface area contributed by atoms with E-state index in [-0.39, 0.29) is 11.9 Å². The average molecular weight is 292 g/mol. The second-order valence-corrected chi connectivity index (χ2v) is 5.48. The van der Waals surface area contributed by atoms with Crippen LogP contribution in [0.15, 0.2) is 24.3 Å². The lowest BCUT2D eigenvalue weighted by Gasteiger charge is -2.34. The third-order valence-electron chi connectivity index (χ3n) is 3.91. The number of ether oxygens (including phenoxy) is 1. The molecule has 0 radical (unpaired) electrons. The van der Waals surface area contributed by atoms with E-state index < -0.39 is 6.10 Å². The van der Waals surface area contributed by atoms with Gasteiger partial charge in [-0.15, -0.1) is 0 Å². The number of aliphatic hydroxyl groups is 1. The van der Waals surface area contributed by atoms with Gasteiger partial charge in [0.15, 0.2) is 0 Å². The van der Waals surface area contributed by atoms with Gasteiger partial charge in [0.05, 0.1) is 12.7 Å². The van der Waals surface area contributed by atoms with Crippen LogP contribution < -0.4 is 10.1 Å². The van der Waals surface area contributed by atoms with Crippen LogP contribution in [0.25, 0.3) is 0 Å². The number of aliphatic hydroxyl groups excluding tert-OH is 1. The highest BCUT2D eigenvalue weighted by Gasteiger charge is 2.27. The van der Waals surface area contributed by atoms with E-state index in [9.17, 15) is 9.90 Å². The summed E-state index contributed by atoms with van der Waals surface area (Å²) in [4.78, 5) is 13.8. The Morgan fingerprint density at radius 1 is 1.48 bits per heavy atom. The van der Waals surface area contributed by atoms with E-state index in [1.807, 2.05) is 38.1 Å². The van der Waals surface area contributed by atoms with Crippen molar-refractivity contribution < 1.29 is 14.6 Å². The van der Waals surface area contributed by atoms with E-state index in [2.05, 4.69) is 5.32 Å². The fraction of sp³-hybridized carbons (Fsp3) is 0.562. The van der Waals surface area contributed by atoms with Gasteiger partial charge < -0.3 is 20.1 Å². The Labute approximate surface area is 125 Å². The average Bonchev–Trinajstić information content (AvgIpc) is 2.49. The summed E-state index contributed by atoms with van der Waals surface area (Å²) in [5, 5.41) is 12.8. The van der Waals surface area contributed by atoms with Crippen molar-refractivity contribution in [1.82, 2.24) is 10.2 Å². The van der Waals surface area contributed by atoms with Crippen LogP contribution in [0.4, 0.5) is 4.79 Å². The van der Waals surface area contributed by atoms with Crippen molar-refractivity contribution >= 4 is 6.03 Å². The van der Waals surface area contributed by atoms with Crippen LogP contribution in [0.2, 0.25) is 0 Å². The summed E-state index contributed by atoms with van der Waals surface area (Å²) in [6.45, 7) is 6.07. The van der Waals surface area contributed by atoms with Gasteiger partial charge >= 0.3 is 6.03 Å². The molecule has 2 atom stereocenters. The first kappa shape index (κ1) is 15.6. The van der Waals surface area contributed by atoms with Gasteiger partial charge in [0.2, 0.25) is 0 Å². The molecule has 0 bridgehead atoms. The molecule has 1 saturated heterocycles. The summed E-state index contributed by atoms with van der Waals surface area (Å²) < 4.78 is 5.54. The van der Waals surface area contributed by atoms with Crippen LogP contribution in [0.5, 0.6) is 5.75 Å². The maximum Gasteiger partial charge on any atom is 0.317 e. The standard InChI is InChI=1S/C16H24N2O3/c1-3-21-15-7-5-4-6-13(15)10-17-16(20)18-9-8-12(2)14(19)11-18/h4-7,12,14,19H,3,8-11H2,1-2H3,(H,17,20). The van der Waals surface area contributed by atoms with Gasteiger partial charge in [0.25, 0.3) is 0 Å². The van der Waals surface area contributed by atoms with Gasteiger partial charge in [0, 0.05) is 25.2 Å². The maximum absolute atomic E-state index is 12.2. The highest BCUT2D eigenvalue weighted by Crippen LogP contribution is 2.19. The van der Waals surface area contributed by atoms with Crippen molar-refractivity contribution in [3.63, 3.8) is 0 Å². The summed E-state index contributed by atoms with van der Waals surface area (Å²) >= 11 is 0. The third-order valence-corrected chi connectivity index (χ3v) is 3.91. The molecule has 1 aliphatic rings. The molecule has 1 aliphatic heterocycles. The molecule has 1 heterocycles. The highest BCUT2D eigenvalue weighted by atomic mass is 16.5. The van der Waals surface area contributed by atoms with Crippen molar-refractivity contribution in [3.8, 4) is 5.75 Å². The fourth-order valence-electron chi connectivity index (χ4n) is 2.46. The minimum absolute atomic E-state index is 0.132. The first-order valence-electron chi connectivity index (χ1n) is 7.53. The summed E-state index contributed by atoms with van der Waals surface area (Å²) in [6.07, 6.45) is 0.407. The molecule has 0 aromatic heterocycles. The summed E-state index contributed by atoms with van der Waals surface area (Å²) in [6, 6.07) is 7.55. The largest absolute Gasteiger partial charge is 0.494 e. The number of hydrogen-bond donors (Lipinski definition) is 2. The predicted octanol–water partition coefficient (Wildman–Crippen LogP) is 2.00. The number of benzene rings is 1. The zero-order chi connectivity index (χ0) is 15.2. The Morgan fingerprint density at radius 2 is 2.24 bits per heavy atom. The topological polar surface area (TPSA) is 61.8 Å². The molecule has 2 N–H and O–H groups in total. The molecule has 0 aliphatic carbocycles. The first-order valence-corrected chi connectivity index (χ1v) is 7.53. The van der Waals surface area contributed by atoms with E-state index in [1.165, 1.54) is 0 Å². The number of carbonyl (C=O) groups excluding carboxylic acids is 1. The van der Waals surface area contributed by atoms with Crippen LogP contribution in [0, 0.1) is 5.92 Å². The number of piperidine rings is 1. The van der Waals surface area contributed by atoms with Crippen molar-refractivity contribution in [1.29, 1.82) is 0 Å². The zero-order valence-corrected chi connectivity index (χ0v) is 12.7. The second kappa shape index (κ2) is 7.31. The van der Waals surface area contributed by atoms with Gasteiger partial charge in [0.1, 0.15) is 5.75 Å². The molecule has 0 saturated carbocycles. The number of amides is 2. The van der Waals surface area contributed by atoms with Gasteiger partial charge in [-0.2, -0.15) is 0 Å². The Kier molecular flexibility index (Phi) is 5.44. The lowest BCUT2D eigenvalue weighted by Crippen LogP contribution is -2.49. The van der Waals surface area contributed by atoms with E-state index in [4.69, 9.17) is 4.74 Å². The van der Waals surface area contributed by atoms with Crippen molar-refractivity contribution in [2.75, 3.05) is 19.7 Å². The SMILES string of the molecule is CCOc1ccccc1CNC(=O)N1CCC(C)C(O)C1. The number of hydrogen-bond acceptors (Lipinski definition) is 3. The van der Waals surface area contributed by atoms with Crippen LogP contribution >= 0.6 is 0 Å². The van der Waals surface area contributed by atoms with Gasteiger partial charge in [-0.05, 0) is 25.3 Å². The lowest BCUT2D eigenvalue weighted by molar-refractivity contribution is 0.0435. The van der Waals surface area contributed by atoms with Gasteiger partial charge in [-0.25, -0.2) is 4.79 Å². The minimum atomic E-state index is -0.430. The van der Waals surface area contributed by atoms with E-state index in [0.717, 1.165) is 17.7 Å². The van der Waals surface area contributed by atoms with Gasteiger partial charge in [-0.1, -0.05) is 25.1 Å². The minimum Gasteiger partial charge on any atom is -0.494 e. The molecule has 0 spiro atoms.